The van der Waals surface area contributed by atoms with Crippen molar-refractivity contribution in [3.63, 3.8) is 0 Å². The monoisotopic (exact) mass is 335 g/mol. The Kier molecular flexibility index (Phi) is 4.14. The van der Waals surface area contributed by atoms with Crippen molar-refractivity contribution in [2.45, 2.75) is 25.9 Å². The second-order valence-corrected chi connectivity index (χ2v) is 6.39. The van der Waals surface area contributed by atoms with Crippen LogP contribution in [0.5, 0.6) is 5.75 Å². The fourth-order valence-electron chi connectivity index (χ4n) is 3.54. The summed E-state index contributed by atoms with van der Waals surface area (Å²) in [7, 11) is 1.65. The van der Waals surface area contributed by atoms with Crippen LogP contribution < -0.4 is 10.1 Å². The summed E-state index contributed by atoms with van der Waals surface area (Å²) in [5, 5.41) is 3.05. The number of nitrogens with one attached hydrogen (secondary N) is 1. The molecule has 0 fully saturated rings. The third kappa shape index (κ3) is 2.97. The van der Waals surface area contributed by atoms with Gasteiger partial charge in [0.25, 0.3) is 0 Å². The van der Waals surface area contributed by atoms with Gasteiger partial charge in [0, 0.05) is 31.0 Å². The van der Waals surface area contributed by atoms with Crippen molar-refractivity contribution < 1.29 is 9.53 Å². The molecule has 5 nitrogen and oxygen atoms in total. The van der Waals surface area contributed by atoms with Gasteiger partial charge in [-0.3, -0.25) is 4.79 Å². The van der Waals surface area contributed by atoms with E-state index < -0.39 is 0 Å². The highest BCUT2D eigenvalue weighted by molar-refractivity contribution is 5.80. The molecule has 0 bridgehead atoms. The molecule has 128 valence electrons. The maximum Gasteiger partial charge on any atom is 0.223 e. The van der Waals surface area contributed by atoms with Crippen LogP contribution in [0.4, 0.5) is 0 Å². The Labute approximate surface area is 146 Å². The van der Waals surface area contributed by atoms with Crippen LogP contribution in [-0.2, 0) is 24.3 Å². The van der Waals surface area contributed by atoms with Crippen LogP contribution in [0.1, 0.15) is 17.8 Å². The third-order valence-electron chi connectivity index (χ3n) is 4.88. The molecule has 5 heteroatoms. The Morgan fingerprint density at radius 3 is 2.92 bits per heavy atom. The van der Waals surface area contributed by atoms with E-state index in [0.29, 0.717) is 13.0 Å². The van der Waals surface area contributed by atoms with Crippen molar-refractivity contribution in [1.82, 2.24) is 14.9 Å². The van der Waals surface area contributed by atoms with Gasteiger partial charge in [-0.15, -0.1) is 0 Å². The summed E-state index contributed by atoms with van der Waals surface area (Å²) in [5.41, 5.74) is 3.15. The van der Waals surface area contributed by atoms with E-state index in [9.17, 15) is 4.79 Å². The number of benzene rings is 2. The van der Waals surface area contributed by atoms with Crippen LogP contribution in [0.3, 0.4) is 0 Å². The van der Waals surface area contributed by atoms with Crippen LogP contribution >= 0.6 is 0 Å². The molecule has 0 saturated heterocycles. The Balaban J connectivity index is 1.45. The standard InChI is InChI=1S/C20H21N3O2/c1-25-18-9-5-2-6-15(18)13-21-20(24)14-10-11-23-17-8-4-3-7-16(17)22-19(23)12-14/h2-9,14H,10-13H2,1H3,(H,21,24)/t14-/m0/s1. The number of rotatable bonds is 4. The number of ether oxygens (including phenoxy) is 1. The Morgan fingerprint density at radius 2 is 2.04 bits per heavy atom. The zero-order valence-corrected chi connectivity index (χ0v) is 14.2. The topological polar surface area (TPSA) is 56.1 Å². The van der Waals surface area contributed by atoms with E-state index in [2.05, 4.69) is 16.0 Å². The summed E-state index contributed by atoms with van der Waals surface area (Å²) in [5.74, 6) is 1.86. The van der Waals surface area contributed by atoms with Crippen molar-refractivity contribution in [3.05, 3.63) is 59.9 Å². The van der Waals surface area contributed by atoms with Gasteiger partial charge in [-0.25, -0.2) is 4.98 Å². The minimum Gasteiger partial charge on any atom is -0.496 e. The molecule has 1 N–H and O–H groups in total. The molecule has 4 rings (SSSR count). The first-order chi connectivity index (χ1) is 12.3. The SMILES string of the molecule is COc1ccccc1CNC(=O)[C@H]1CCn2c(nc3ccccc32)C1. The predicted molar refractivity (Wildman–Crippen MR) is 96.4 cm³/mol. The highest BCUT2D eigenvalue weighted by Crippen LogP contribution is 2.26. The zero-order valence-electron chi connectivity index (χ0n) is 14.2. The van der Waals surface area contributed by atoms with Crippen LogP contribution in [0.2, 0.25) is 0 Å². The van der Waals surface area contributed by atoms with Gasteiger partial charge in [0.2, 0.25) is 5.91 Å². The van der Waals surface area contributed by atoms with Crippen LogP contribution in [-0.4, -0.2) is 22.6 Å². The van der Waals surface area contributed by atoms with Crippen LogP contribution in [0.15, 0.2) is 48.5 Å². The van der Waals surface area contributed by atoms with Gasteiger partial charge in [-0.1, -0.05) is 30.3 Å². The zero-order chi connectivity index (χ0) is 17.2. The van der Waals surface area contributed by atoms with Crippen molar-refractivity contribution in [1.29, 1.82) is 0 Å². The predicted octanol–water partition coefficient (Wildman–Crippen LogP) is 2.92. The van der Waals surface area contributed by atoms with Gasteiger partial charge in [0.1, 0.15) is 11.6 Å². The molecule has 2 aromatic carbocycles. The quantitative estimate of drug-likeness (QED) is 0.797. The molecule has 0 unspecified atom stereocenters. The number of nitrogens with zero attached hydrogens (tertiary/aromatic N) is 2. The number of carbonyl (C=O) groups is 1. The lowest BCUT2D eigenvalue weighted by atomic mass is 9.96. The smallest absolute Gasteiger partial charge is 0.223 e. The maximum atomic E-state index is 12.6. The molecular formula is C20H21N3O2. The fourth-order valence-corrected chi connectivity index (χ4v) is 3.54. The van der Waals surface area contributed by atoms with E-state index in [1.54, 1.807) is 7.11 Å². The first kappa shape index (κ1) is 15.7. The number of aromatic nitrogens is 2. The van der Waals surface area contributed by atoms with Gasteiger partial charge in [0.15, 0.2) is 0 Å². The lowest BCUT2D eigenvalue weighted by Gasteiger charge is -2.23. The van der Waals surface area contributed by atoms with Crippen molar-refractivity contribution in [2.24, 2.45) is 5.92 Å². The van der Waals surface area contributed by atoms with Gasteiger partial charge >= 0.3 is 0 Å². The Bertz CT molecular complexity index is 916. The largest absolute Gasteiger partial charge is 0.496 e. The number of imidazole rings is 1. The van der Waals surface area contributed by atoms with Gasteiger partial charge in [-0.05, 0) is 24.6 Å². The fraction of sp³-hybridized carbons (Fsp3) is 0.300. The second kappa shape index (κ2) is 6.59. The van der Waals surface area contributed by atoms with Crippen molar-refractivity contribution in [2.75, 3.05) is 7.11 Å². The average Bonchev–Trinajstić information content (AvgIpc) is 3.04. The number of amides is 1. The molecule has 25 heavy (non-hydrogen) atoms. The van der Waals surface area contributed by atoms with Crippen molar-refractivity contribution in [3.8, 4) is 5.75 Å². The number of aryl methyl sites for hydroxylation is 1. The summed E-state index contributed by atoms with van der Waals surface area (Å²) in [6.07, 6.45) is 1.53. The minimum absolute atomic E-state index is 0.0287. The molecule has 1 aliphatic rings. The summed E-state index contributed by atoms with van der Waals surface area (Å²) in [6.45, 7) is 1.32. The van der Waals surface area contributed by atoms with E-state index in [1.165, 1.54) is 0 Å². The maximum absolute atomic E-state index is 12.6. The van der Waals surface area contributed by atoms with Crippen LogP contribution in [0.25, 0.3) is 11.0 Å². The van der Waals surface area contributed by atoms with E-state index in [4.69, 9.17) is 9.72 Å². The highest BCUT2D eigenvalue weighted by atomic mass is 16.5. The second-order valence-electron chi connectivity index (χ2n) is 6.39. The number of methoxy groups -OCH3 is 1. The van der Waals surface area contributed by atoms with E-state index in [-0.39, 0.29) is 11.8 Å². The highest BCUT2D eigenvalue weighted by Gasteiger charge is 2.27. The molecule has 0 saturated carbocycles. The van der Waals surface area contributed by atoms with Gasteiger partial charge in [0.05, 0.1) is 18.1 Å². The molecule has 0 spiro atoms. The summed E-state index contributed by atoms with van der Waals surface area (Å²) in [6, 6.07) is 15.9. The lowest BCUT2D eigenvalue weighted by Crippen LogP contribution is -2.35. The van der Waals surface area contributed by atoms with E-state index in [0.717, 1.165) is 41.1 Å². The minimum atomic E-state index is -0.0287. The van der Waals surface area contributed by atoms with Crippen molar-refractivity contribution >= 4 is 16.9 Å². The normalized spacial score (nSPS) is 16.4. The molecule has 0 aliphatic carbocycles. The summed E-state index contributed by atoms with van der Waals surface area (Å²) in [4.78, 5) is 17.3. The summed E-state index contributed by atoms with van der Waals surface area (Å²) >= 11 is 0. The molecule has 1 aliphatic heterocycles. The Morgan fingerprint density at radius 1 is 1.24 bits per heavy atom. The van der Waals surface area contributed by atoms with Gasteiger partial charge in [-0.2, -0.15) is 0 Å². The average molecular weight is 335 g/mol. The number of para-hydroxylation sites is 3. The number of fused-ring (bicyclic) bond motifs is 3. The third-order valence-corrected chi connectivity index (χ3v) is 4.88. The lowest BCUT2D eigenvalue weighted by molar-refractivity contribution is -0.125. The molecular weight excluding hydrogens is 314 g/mol. The van der Waals surface area contributed by atoms with Crippen LogP contribution in [0, 0.1) is 5.92 Å². The molecule has 1 aromatic heterocycles. The molecule has 3 aromatic rings. The number of hydrogen-bond donors (Lipinski definition) is 1. The number of carbonyl (C=O) groups excluding carboxylic acids is 1. The first-order valence-corrected chi connectivity index (χ1v) is 8.60. The number of hydrogen-bond acceptors (Lipinski definition) is 3. The molecule has 1 atom stereocenters. The molecule has 0 radical (unpaired) electrons. The molecule has 1 amide bonds. The van der Waals surface area contributed by atoms with E-state index >= 15 is 0 Å². The van der Waals surface area contributed by atoms with Gasteiger partial charge < -0.3 is 14.6 Å². The molecule has 2 heterocycles. The summed E-state index contributed by atoms with van der Waals surface area (Å²) < 4.78 is 7.57. The first-order valence-electron chi connectivity index (χ1n) is 8.60. The Hall–Kier alpha value is -2.82. The van der Waals surface area contributed by atoms with E-state index in [1.807, 2.05) is 42.5 Å².